The van der Waals surface area contributed by atoms with Crippen molar-refractivity contribution in [2.45, 2.75) is 44.2 Å². The average Bonchev–Trinajstić information content (AvgIpc) is 2.62. The summed E-state index contributed by atoms with van der Waals surface area (Å²) in [6.07, 6.45) is 4.35. The first-order valence-corrected chi connectivity index (χ1v) is 7.39. The summed E-state index contributed by atoms with van der Waals surface area (Å²) in [7, 11) is 0. The lowest BCUT2D eigenvalue weighted by atomic mass is 9.99. The highest BCUT2D eigenvalue weighted by Crippen LogP contribution is 2.31. The van der Waals surface area contributed by atoms with Crippen LogP contribution in [0.4, 0.5) is 4.39 Å². The van der Waals surface area contributed by atoms with E-state index in [2.05, 4.69) is 5.32 Å². The van der Waals surface area contributed by atoms with Crippen molar-refractivity contribution in [1.82, 2.24) is 5.32 Å². The van der Waals surface area contributed by atoms with Gasteiger partial charge in [0.25, 0.3) is 0 Å². The number of aliphatic hydroxyl groups excluding tert-OH is 1. The van der Waals surface area contributed by atoms with Crippen molar-refractivity contribution in [3.8, 4) is 0 Å². The number of nitrogens with one attached hydrogen (secondary N) is 1. The lowest BCUT2D eigenvalue weighted by molar-refractivity contribution is 0.150. The van der Waals surface area contributed by atoms with Gasteiger partial charge in [0.15, 0.2) is 0 Å². The molecule has 1 saturated heterocycles. The van der Waals surface area contributed by atoms with E-state index in [-0.39, 0.29) is 11.1 Å². The third-order valence-corrected chi connectivity index (χ3v) is 4.19. The second-order valence-electron chi connectivity index (χ2n) is 5.04. The van der Waals surface area contributed by atoms with Gasteiger partial charge < -0.3 is 10.4 Å². The number of halogens is 3. The first-order valence-electron chi connectivity index (χ1n) is 6.64. The molecule has 2 atom stereocenters. The van der Waals surface area contributed by atoms with E-state index < -0.39 is 11.9 Å². The lowest BCUT2D eigenvalue weighted by Crippen LogP contribution is -2.30. The second-order valence-corrected chi connectivity index (χ2v) is 5.85. The van der Waals surface area contributed by atoms with Gasteiger partial charge in [0.05, 0.1) is 11.1 Å². The molecule has 0 amide bonds. The minimum absolute atomic E-state index is 0.0199. The summed E-state index contributed by atoms with van der Waals surface area (Å²) in [5.74, 6) is -0.547. The Bertz CT molecular complexity index is 434. The standard InChI is InChI=1S/C14H18Cl2FNO/c15-11-8-12(16)13(17)7-10(11)14(19)6-9-4-2-1-3-5-18-9/h7-9,14,18-19H,1-6H2. The first-order chi connectivity index (χ1) is 9.08. The molecule has 1 heterocycles. The van der Waals surface area contributed by atoms with E-state index in [0.29, 0.717) is 17.0 Å². The summed E-state index contributed by atoms with van der Waals surface area (Å²) in [4.78, 5) is 0. The van der Waals surface area contributed by atoms with E-state index in [1.54, 1.807) is 0 Å². The predicted octanol–water partition coefficient (Wildman–Crippen LogP) is 4.09. The van der Waals surface area contributed by atoms with E-state index in [4.69, 9.17) is 23.2 Å². The molecule has 0 spiro atoms. The van der Waals surface area contributed by atoms with Gasteiger partial charge in [-0.15, -0.1) is 0 Å². The molecule has 0 radical (unpaired) electrons. The Morgan fingerprint density at radius 3 is 2.84 bits per heavy atom. The molecule has 1 aliphatic rings. The van der Waals surface area contributed by atoms with Crippen LogP contribution in [-0.2, 0) is 0 Å². The Balaban J connectivity index is 2.06. The zero-order chi connectivity index (χ0) is 13.8. The minimum atomic E-state index is -0.769. The zero-order valence-corrected chi connectivity index (χ0v) is 12.1. The molecule has 2 nitrogen and oxygen atoms in total. The number of aliphatic hydroxyl groups is 1. The largest absolute Gasteiger partial charge is 0.388 e. The molecular formula is C14H18Cl2FNO. The van der Waals surface area contributed by atoms with Crippen molar-refractivity contribution >= 4 is 23.2 Å². The predicted molar refractivity (Wildman–Crippen MR) is 76.3 cm³/mol. The molecule has 19 heavy (non-hydrogen) atoms. The molecule has 2 unspecified atom stereocenters. The van der Waals surface area contributed by atoms with Crippen LogP contribution in [0.1, 0.15) is 43.8 Å². The van der Waals surface area contributed by atoms with Gasteiger partial charge in [-0.25, -0.2) is 4.39 Å². The van der Waals surface area contributed by atoms with Gasteiger partial charge in [-0.05, 0) is 37.9 Å². The fraction of sp³-hybridized carbons (Fsp3) is 0.571. The van der Waals surface area contributed by atoms with Crippen molar-refractivity contribution < 1.29 is 9.50 Å². The maximum atomic E-state index is 13.4. The fourth-order valence-corrected chi connectivity index (χ4v) is 3.00. The molecule has 2 N–H and O–H groups in total. The fourth-order valence-electron chi connectivity index (χ4n) is 2.49. The normalized spacial score (nSPS) is 22.0. The van der Waals surface area contributed by atoms with Crippen LogP contribution in [-0.4, -0.2) is 17.7 Å². The molecular weight excluding hydrogens is 288 g/mol. The topological polar surface area (TPSA) is 32.3 Å². The SMILES string of the molecule is OC(CC1CCCCCN1)c1cc(F)c(Cl)cc1Cl. The Morgan fingerprint density at radius 2 is 2.05 bits per heavy atom. The molecule has 1 aliphatic heterocycles. The monoisotopic (exact) mass is 305 g/mol. The molecule has 0 bridgehead atoms. The Morgan fingerprint density at radius 1 is 1.26 bits per heavy atom. The van der Waals surface area contributed by atoms with Crippen LogP contribution in [0.5, 0.6) is 0 Å². The van der Waals surface area contributed by atoms with E-state index >= 15 is 0 Å². The van der Waals surface area contributed by atoms with Crippen molar-refractivity contribution in [3.05, 3.63) is 33.6 Å². The van der Waals surface area contributed by atoms with Gasteiger partial charge in [0.2, 0.25) is 0 Å². The molecule has 5 heteroatoms. The molecule has 106 valence electrons. The van der Waals surface area contributed by atoms with Crippen LogP contribution in [0.3, 0.4) is 0 Å². The number of benzene rings is 1. The smallest absolute Gasteiger partial charge is 0.142 e. The van der Waals surface area contributed by atoms with Gasteiger partial charge in [-0.2, -0.15) is 0 Å². The third-order valence-electron chi connectivity index (χ3n) is 3.57. The summed E-state index contributed by atoms with van der Waals surface area (Å²) < 4.78 is 13.4. The Labute approximate surface area is 122 Å². The van der Waals surface area contributed by atoms with Crippen LogP contribution in [0, 0.1) is 5.82 Å². The number of hydrogen-bond donors (Lipinski definition) is 2. The maximum Gasteiger partial charge on any atom is 0.142 e. The van der Waals surface area contributed by atoms with E-state index in [1.807, 2.05) is 0 Å². The van der Waals surface area contributed by atoms with Gasteiger partial charge in [-0.1, -0.05) is 36.0 Å². The van der Waals surface area contributed by atoms with Crippen LogP contribution in [0.2, 0.25) is 10.0 Å². The average molecular weight is 306 g/mol. The lowest BCUT2D eigenvalue weighted by Gasteiger charge is -2.20. The van der Waals surface area contributed by atoms with Crippen molar-refractivity contribution in [3.63, 3.8) is 0 Å². The van der Waals surface area contributed by atoms with E-state index in [9.17, 15) is 9.50 Å². The van der Waals surface area contributed by atoms with E-state index in [1.165, 1.54) is 25.0 Å². The first kappa shape index (κ1) is 15.0. The van der Waals surface area contributed by atoms with Gasteiger partial charge >= 0.3 is 0 Å². The molecule has 2 rings (SSSR count). The summed E-state index contributed by atoms with van der Waals surface area (Å²) in [5.41, 5.74) is 0.412. The van der Waals surface area contributed by atoms with Gasteiger partial charge in [-0.3, -0.25) is 0 Å². The summed E-state index contributed by atoms with van der Waals surface area (Å²) in [5, 5.41) is 13.9. The molecule has 0 aliphatic carbocycles. The summed E-state index contributed by atoms with van der Waals surface area (Å²) in [6.45, 7) is 0.972. The van der Waals surface area contributed by atoms with Crippen LogP contribution < -0.4 is 5.32 Å². The molecule has 0 saturated carbocycles. The van der Waals surface area contributed by atoms with Crippen LogP contribution >= 0.6 is 23.2 Å². The minimum Gasteiger partial charge on any atom is -0.388 e. The molecule has 1 aromatic rings. The quantitative estimate of drug-likeness (QED) is 0.825. The van der Waals surface area contributed by atoms with Crippen molar-refractivity contribution in [1.29, 1.82) is 0 Å². The maximum absolute atomic E-state index is 13.4. The highest BCUT2D eigenvalue weighted by Gasteiger charge is 2.20. The molecule has 0 aromatic heterocycles. The highest BCUT2D eigenvalue weighted by molar-refractivity contribution is 6.35. The van der Waals surface area contributed by atoms with Gasteiger partial charge in [0.1, 0.15) is 5.82 Å². The van der Waals surface area contributed by atoms with Crippen molar-refractivity contribution in [2.24, 2.45) is 0 Å². The summed E-state index contributed by atoms with van der Waals surface area (Å²) >= 11 is 11.7. The third kappa shape index (κ3) is 4.06. The van der Waals surface area contributed by atoms with E-state index in [0.717, 1.165) is 19.4 Å². The Kier molecular flexibility index (Phi) is 5.46. The number of rotatable bonds is 3. The van der Waals surface area contributed by atoms with Crippen LogP contribution in [0.15, 0.2) is 12.1 Å². The zero-order valence-electron chi connectivity index (χ0n) is 10.6. The molecule has 1 fully saturated rings. The second kappa shape index (κ2) is 6.89. The summed E-state index contributed by atoms with van der Waals surface area (Å²) in [6, 6.07) is 2.83. The highest BCUT2D eigenvalue weighted by atomic mass is 35.5. The van der Waals surface area contributed by atoms with Gasteiger partial charge in [0, 0.05) is 16.6 Å². The number of hydrogen-bond acceptors (Lipinski definition) is 2. The van der Waals surface area contributed by atoms with Crippen molar-refractivity contribution in [2.75, 3.05) is 6.54 Å². The Hall–Kier alpha value is -0.350. The molecule has 1 aromatic carbocycles. The van der Waals surface area contributed by atoms with Crippen LogP contribution in [0.25, 0.3) is 0 Å².